The van der Waals surface area contributed by atoms with Crippen molar-refractivity contribution in [3.8, 4) is 0 Å². The number of unbranched alkanes of at least 4 members (excludes halogenated alkanes) is 39. The number of allylic oxidation sites excluding steroid dienone is 3. The van der Waals surface area contributed by atoms with E-state index >= 15 is 0 Å². The molecule has 338 valence electrons. The molecule has 0 aromatic heterocycles. The Kier molecular flexibility index (Phi) is 48.3. The van der Waals surface area contributed by atoms with Crippen molar-refractivity contribution in [1.29, 1.82) is 0 Å². The molecule has 0 aromatic rings. The third kappa shape index (κ3) is 45.8. The number of hydrogen-bond donors (Lipinski definition) is 3. The molecular formula is C53H103NO3. The molecule has 1 amide bonds. The van der Waals surface area contributed by atoms with Crippen LogP contribution in [0.15, 0.2) is 24.3 Å². The van der Waals surface area contributed by atoms with Gasteiger partial charge in [-0.05, 0) is 32.1 Å². The third-order valence-electron chi connectivity index (χ3n) is 12.2. The van der Waals surface area contributed by atoms with Crippen LogP contribution in [0.1, 0.15) is 290 Å². The topological polar surface area (TPSA) is 69.6 Å². The van der Waals surface area contributed by atoms with Crippen LogP contribution in [0.3, 0.4) is 0 Å². The van der Waals surface area contributed by atoms with Gasteiger partial charge < -0.3 is 15.5 Å². The molecule has 0 aliphatic rings. The van der Waals surface area contributed by atoms with E-state index in [1.165, 1.54) is 238 Å². The third-order valence-corrected chi connectivity index (χ3v) is 12.2. The van der Waals surface area contributed by atoms with E-state index in [0.717, 1.165) is 32.1 Å². The summed E-state index contributed by atoms with van der Waals surface area (Å²) in [6, 6.07) is -0.635. The minimum absolute atomic E-state index is 0.0676. The van der Waals surface area contributed by atoms with Crippen molar-refractivity contribution in [3.05, 3.63) is 24.3 Å². The quantitative estimate of drug-likeness (QED) is 0.0424. The Balaban J connectivity index is 3.50. The van der Waals surface area contributed by atoms with E-state index in [0.29, 0.717) is 6.42 Å². The monoisotopic (exact) mass is 802 g/mol. The summed E-state index contributed by atoms with van der Waals surface area (Å²) in [6.07, 6.45) is 64.7. The number of carbonyl (C=O) groups excluding carboxylic acids is 1. The molecule has 0 aromatic carbocycles. The summed E-state index contributed by atoms with van der Waals surface area (Å²) >= 11 is 0. The maximum Gasteiger partial charge on any atom is 0.220 e. The molecule has 0 spiro atoms. The van der Waals surface area contributed by atoms with Crippen LogP contribution in [0.5, 0.6) is 0 Å². The van der Waals surface area contributed by atoms with Crippen LogP contribution >= 0.6 is 0 Å². The first-order valence-corrected chi connectivity index (χ1v) is 26.1. The molecule has 0 rings (SSSR count). The van der Waals surface area contributed by atoms with Gasteiger partial charge in [-0.15, -0.1) is 0 Å². The molecule has 3 N–H and O–H groups in total. The fourth-order valence-corrected chi connectivity index (χ4v) is 8.20. The zero-order valence-corrected chi connectivity index (χ0v) is 38.9. The molecule has 0 heterocycles. The lowest BCUT2D eigenvalue weighted by atomic mass is 10.0. The fourth-order valence-electron chi connectivity index (χ4n) is 8.20. The number of aliphatic hydroxyl groups is 2. The van der Waals surface area contributed by atoms with E-state index in [4.69, 9.17) is 0 Å². The van der Waals surface area contributed by atoms with Crippen LogP contribution in [0.4, 0.5) is 0 Å². The summed E-state index contributed by atoms with van der Waals surface area (Å²) in [6.45, 7) is 4.33. The van der Waals surface area contributed by atoms with Crippen molar-refractivity contribution >= 4 is 5.91 Å². The Labute approximate surface area is 358 Å². The SMILES string of the molecule is CCCCCCCCCCCCCCC/C=C/CC/C=C/C(O)C(CO)NC(=O)CCCCCCCCCCCCCCCCCCCCCCCCCCCC. The van der Waals surface area contributed by atoms with E-state index in [9.17, 15) is 15.0 Å². The van der Waals surface area contributed by atoms with Gasteiger partial charge in [0.05, 0.1) is 18.8 Å². The molecule has 0 bridgehead atoms. The Hall–Kier alpha value is -1.13. The van der Waals surface area contributed by atoms with E-state index in [1.54, 1.807) is 6.08 Å². The van der Waals surface area contributed by atoms with Crippen molar-refractivity contribution in [1.82, 2.24) is 5.32 Å². The van der Waals surface area contributed by atoms with Gasteiger partial charge in [-0.25, -0.2) is 0 Å². The van der Waals surface area contributed by atoms with Crippen molar-refractivity contribution < 1.29 is 15.0 Å². The van der Waals surface area contributed by atoms with Crippen molar-refractivity contribution in [2.75, 3.05) is 6.61 Å². The Bertz CT molecular complexity index is 825. The summed E-state index contributed by atoms with van der Waals surface area (Å²) < 4.78 is 0. The van der Waals surface area contributed by atoms with Gasteiger partial charge >= 0.3 is 0 Å². The Morgan fingerprint density at radius 3 is 1.02 bits per heavy atom. The van der Waals surface area contributed by atoms with E-state index < -0.39 is 12.1 Å². The first-order valence-electron chi connectivity index (χ1n) is 26.1. The highest BCUT2D eigenvalue weighted by Crippen LogP contribution is 2.17. The maximum absolute atomic E-state index is 12.4. The highest BCUT2D eigenvalue weighted by Gasteiger charge is 2.17. The van der Waals surface area contributed by atoms with Crippen LogP contribution in [-0.2, 0) is 4.79 Å². The van der Waals surface area contributed by atoms with Crippen LogP contribution in [0.2, 0.25) is 0 Å². The number of rotatable bonds is 48. The van der Waals surface area contributed by atoms with Gasteiger partial charge in [0.2, 0.25) is 5.91 Å². The minimum Gasteiger partial charge on any atom is -0.394 e. The van der Waals surface area contributed by atoms with Gasteiger partial charge in [0.25, 0.3) is 0 Å². The second-order valence-electron chi connectivity index (χ2n) is 17.9. The molecule has 2 atom stereocenters. The zero-order valence-electron chi connectivity index (χ0n) is 38.9. The predicted octanol–water partition coefficient (Wildman–Crippen LogP) is 16.8. The van der Waals surface area contributed by atoms with Gasteiger partial charge in [-0.3, -0.25) is 4.79 Å². The van der Waals surface area contributed by atoms with Gasteiger partial charge in [-0.2, -0.15) is 0 Å². The first-order chi connectivity index (χ1) is 28.2. The van der Waals surface area contributed by atoms with Gasteiger partial charge in [-0.1, -0.05) is 276 Å². The molecule has 2 unspecified atom stereocenters. The summed E-state index contributed by atoms with van der Waals surface area (Å²) in [5.74, 6) is -0.0676. The lowest BCUT2D eigenvalue weighted by Crippen LogP contribution is -2.45. The van der Waals surface area contributed by atoms with Crippen molar-refractivity contribution in [3.63, 3.8) is 0 Å². The molecule has 57 heavy (non-hydrogen) atoms. The smallest absolute Gasteiger partial charge is 0.220 e. The van der Waals surface area contributed by atoms with Gasteiger partial charge in [0.15, 0.2) is 0 Å². The Morgan fingerprint density at radius 1 is 0.404 bits per heavy atom. The lowest BCUT2D eigenvalue weighted by molar-refractivity contribution is -0.123. The van der Waals surface area contributed by atoms with Gasteiger partial charge in [0, 0.05) is 6.42 Å². The average molecular weight is 802 g/mol. The number of aliphatic hydroxyl groups excluding tert-OH is 2. The van der Waals surface area contributed by atoms with Crippen LogP contribution in [0, 0.1) is 0 Å². The molecule has 0 saturated heterocycles. The molecule has 0 radical (unpaired) electrons. The fraction of sp³-hybridized carbons (Fsp3) is 0.906. The normalized spacial score (nSPS) is 13.0. The highest BCUT2D eigenvalue weighted by atomic mass is 16.3. The van der Waals surface area contributed by atoms with E-state index in [-0.39, 0.29) is 12.5 Å². The van der Waals surface area contributed by atoms with E-state index in [1.807, 2.05) is 6.08 Å². The molecule has 0 fully saturated rings. The summed E-state index contributed by atoms with van der Waals surface area (Å²) in [5, 5.41) is 23.1. The number of amides is 1. The molecule has 0 saturated carbocycles. The minimum atomic E-state index is -0.859. The highest BCUT2D eigenvalue weighted by molar-refractivity contribution is 5.76. The second kappa shape index (κ2) is 49.2. The molecule has 0 aliphatic heterocycles. The van der Waals surface area contributed by atoms with E-state index in [2.05, 4.69) is 31.3 Å². The first kappa shape index (κ1) is 55.9. The number of nitrogens with one attached hydrogen (secondary N) is 1. The van der Waals surface area contributed by atoms with Crippen molar-refractivity contribution in [2.24, 2.45) is 0 Å². The van der Waals surface area contributed by atoms with Gasteiger partial charge in [0.1, 0.15) is 0 Å². The zero-order chi connectivity index (χ0) is 41.4. The average Bonchev–Trinajstić information content (AvgIpc) is 3.22. The largest absolute Gasteiger partial charge is 0.394 e. The Morgan fingerprint density at radius 2 is 0.684 bits per heavy atom. The van der Waals surface area contributed by atoms with Crippen LogP contribution in [-0.4, -0.2) is 34.9 Å². The summed E-state index contributed by atoms with van der Waals surface area (Å²) in [4.78, 5) is 12.4. The second-order valence-corrected chi connectivity index (χ2v) is 17.9. The van der Waals surface area contributed by atoms with Crippen LogP contribution in [0.25, 0.3) is 0 Å². The standard InChI is InChI=1S/C53H103NO3/c1-3-5-7-9-11-13-15-17-19-21-23-24-25-26-27-28-29-31-33-35-37-39-41-43-45-47-49-53(57)54-51(50-55)52(56)48-46-44-42-40-38-36-34-32-30-22-20-18-16-14-12-10-8-6-4-2/h38,40,46,48,51-52,55-56H,3-37,39,41-45,47,49-50H2,1-2H3,(H,54,57)/b40-38+,48-46+. The molecule has 4 heteroatoms. The number of carbonyl (C=O) groups is 1. The molecule has 0 aliphatic carbocycles. The molecule has 4 nitrogen and oxygen atoms in total. The molecular weight excluding hydrogens is 699 g/mol. The van der Waals surface area contributed by atoms with Crippen LogP contribution < -0.4 is 5.32 Å². The van der Waals surface area contributed by atoms with Crippen molar-refractivity contribution in [2.45, 2.75) is 302 Å². The number of hydrogen-bond acceptors (Lipinski definition) is 3. The maximum atomic E-state index is 12.4. The lowest BCUT2D eigenvalue weighted by Gasteiger charge is -2.19. The summed E-state index contributed by atoms with van der Waals surface area (Å²) in [7, 11) is 0. The summed E-state index contributed by atoms with van der Waals surface area (Å²) in [5.41, 5.74) is 0. The predicted molar refractivity (Wildman–Crippen MR) is 253 cm³/mol.